The number of non-ortho nitro benzene ring substituents is 1. The van der Waals surface area contributed by atoms with E-state index >= 15 is 0 Å². The molecule has 0 amide bonds. The van der Waals surface area contributed by atoms with Crippen molar-refractivity contribution in [2.45, 2.75) is 33.2 Å². The fourth-order valence-corrected chi connectivity index (χ4v) is 1.89. The van der Waals surface area contributed by atoms with Crippen LogP contribution in [-0.4, -0.2) is 22.5 Å². The van der Waals surface area contributed by atoms with E-state index in [4.69, 9.17) is 10.9 Å². The fraction of sp³-hybridized carbons (Fsp3) is 0.500. The maximum Gasteiger partial charge on any atom is 0.269 e. The lowest BCUT2D eigenvalue weighted by atomic mass is 9.86. The Morgan fingerprint density at radius 1 is 1.43 bits per heavy atom. The third-order valence-corrected chi connectivity index (χ3v) is 3.43. The minimum Gasteiger partial charge on any atom is -0.409 e. The van der Waals surface area contributed by atoms with E-state index in [1.165, 1.54) is 12.1 Å². The molecule has 0 heterocycles. The van der Waals surface area contributed by atoms with Crippen LogP contribution in [0.2, 0.25) is 0 Å². The second kappa shape index (κ2) is 7.58. The number of nitrogens with zero attached hydrogens (tertiary/aromatic N) is 2. The molecular formula is C14H22N4O3. The highest BCUT2D eigenvalue weighted by molar-refractivity contribution is 5.85. The van der Waals surface area contributed by atoms with Crippen molar-refractivity contribution in [2.75, 3.05) is 6.54 Å². The molecule has 0 aliphatic heterocycles. The number of amidine groups is 1. The van der Waals surface area contributed by atoms with Gasteiger partial charge in [-0.25, -0.2) is 0 Å². The van der Waals surface area contributed by atoms with Crippen molar-refractivity contribution < 1.29 is 10.1 Å². The van der Waals surface area contributed by atoms with E-state index in [0.29, 0.717) is 6.54 Å². The second-order valence-electron chi connectivity index (χ2n) is 5.57. The first-order valence-electron chi connectivity index (χ1n) is 6.79. The molecule has 0 aromatic heterocycles. The topological polar surface area (TPSA) is 114 Å². The van der Waals surface area contributed by atoms with Gasteiger partial charge in [0.2, 0.25) is 0 Å². The van der Waals surface area contributed by atoms with Gasteiger partial charge in [-0.2, -0.15) is 0 Å². The van der Waals surface area contributed by atoms with Gasteiger partial charge >= 0.3 is 0 Å². The van der Waals surface area contributed by atoms with E-state index in [-0.39, 0.29) is 16.9 Å². The third-order valence-electron chi connectivity index (χ3n) is 3.43. The van der Waals surface area contributed by atoms with Crippen molar-refractivity contribution in [2.24, 2.45) is 16.3 Å². The summed E-state index contributed by atoms with van der Waals surface area (Å²) in [5.41, 5.74) is 6.38. The maximum absolute atomic E-state index is 10.5. The van der Waals surface area contributed by atoms with Crippen LogP contribution in [-0.2, 0) is 6.54 Å². The summed E-state index contributed by atoms with van der Waals surface area (Å²) >= 11 is 0. The van der Waals surface area contributed by atoms with E-state index in [0.717, 1.165) is 24.9 Å². The Kier molecular flexibility index (Phi) is 6.10. The van der Waals surface area contributed by atoms with E-state index < -0.39 is 4.92 Å². The molecule has 116 valence electrons. The summed E-state index contributed by atoms with van der Waals surface area (Å²) in [7, 11) is 0. The van der Waals surface area contributed by atoms with Gasteiger partial charge in [0.15, 0.2) is 0 Å². The van der Waals surface area contributed by atoms with Crippen molar-refractivity contribution in [1.82, 2.24) is 5.32 Å². The number of nitrogens with one attached hydrogen (secondary N) is 1. The Morgan fingerprint density at radius 2 is 2.05 bits per heavy atom. The minimum absolute atomic E-state index is 0.0965. The van der Waals surface area contributed by atoms with Gasteiger partial charge < -0.3 is 16.3 Å². The summed E-state index contributed by atoms with van der Waals surface area (Å²) in [6.07, 6.45) is 1.69. The Hall–Kier alpha value is -2.15. The molecule has 1 aromatic carbocycles. The molecule has 0 fully saturated rings. The summed E-state index contributed by atoms with van der Waals surface area (Å²) in [5.74, 6) is 0.234. The number of nitrogens with two attached hydrogens (primary N) is 1. The van der Waals surface area contributed by atoms with Gasteiger partial charge in [-0.05, 0) is 24.9 Å². The minimum atomic E-state index is -0.410. The van der Waals surface area contributed by atoms with Crippen LogP contribution in [0.15, 0.2) is 29.4 Å². The predicted octanol–water partition coefficient (Wildman–Crippen LogP) is 2.24. The first-order chi connectivity index (χ1) is 9.86. The van der Waals surface area contributed by atoms with Gasteiger partial charge in [0.1, 0.15) is 5.84 Å². The Morgan fingerprint density at radius 3 is 2.57 bits per heavy atom. The van der Waals surface area contributed by atoms with Crippen molar-refractivity contribution in [3.63, 3.8) is 0 Å². The molecule has 0 spiro atoms. The average Bonchev–Trinajstić information content (AvgIpc) is 2.46. The Labute approximate surface area is 124 Å². The van der Waals surface area contributed by atoms with E-state index in [9.17, 15) is 10.1 Å². The van der Waals surface area contributed by atoms with Crippen LogP contribution in [0, 0.1) is 15.5 Å². The first kappa shape index (κ1) is 16.9. The normalized spacial score (nSPS) is 12.4. The number of rotatable bonds is 8. The lowest BCUT2D eigenvalue weighted by molar-refractivity contribution is -0.384. The van der Waals surface area contributed by atoms with Crippen LogP contribution in [0.1, 0.15) is 32.3 Å². The standard InChI is InChI=1S/C14H22N4O3/c1-14(2,13(15)17-19)8-3-9-16-10-11-4-6-12(7-5-11)18(20)21/h4-7,16,19H,3,8-10H2,1-2H3,(H2,15,17). The smallest absolute Gasteiger partial charge is 0.269 e. The van der Waals surface area contributed by atoms with E-state index in [1.807, 2.05) is 13.8 Å². The van der Waals surface area contributed by atoms with Gasteiger partial charge in [-0.15, -0.1) is 0 Å². The molecule has 0 saturated carbocycles. The van der Waals surface area contributed by atoms with Gasteiger partial charge in [-0.1, -0.05) is 31.1 Å². The van der Waals surface area contributed by atoms with Crippen molar-refractivity contribution >= 4 is 11.5 Å². The highest BCUT2D eigenvalue weighted by atomic mass is 16.6. The lowest BCUT2D eigenvalue weighted by Crippen LogP contribution is -2.32. The number of hydrogen-bond acceptors (Lipinski definition) is 5. The number of nitro groups is 1. The molecule has 4 N–H and O–H groups in total. The molecule has 0 unspecified atom stereocenters. The molecule has 0 saturated heterocycles. The van der Waals surface area contributed by atoms with Gasteiger partial charge in [-0.3, -0.25) is 10.1 Å². The van der Waals surface area contributed by atoms with E-state index in [1.54, 1.807) is 12.1 Å². The third kappa shape index (κ3) is 5.39. The molecule has 0 radical (unpaired) electrons. The highest BCUT2D eigenvalue weighted by Crippen LogP contribution is 2.21. The maximum atomic E-state index is 10.5. The second-order valence-corrected chi connectivity index (χ2v) is 5.57. The monoisotopic (exact) mass is 294 g/mol. The fourth-order valence-electron chi connectivity index (χ4n) is 1.89. The van der Waals surface area contributed by atoms with Crippen molar-refractivity contribution in [1.29, 1.82) is 0 Å². The van der Waals surface area contributed by atoms with Crippen LogP contribution >= 0.6 is 0 Å². The average molecular weight is 294 g/mol. The summed E-state index contributed by atoms with van der Waals surface area (Å²) in [5, 5.41) is 25.5. The van der Waals surface area contributed by atoms with E-state index in [2.05, 4.69) is 10.5 Å². The summed E-state index contributed by atoms with van der Waals surface area (Å²) in [4.78, 5) is 10.1. The Balaban J connectivity index is 2.30. The number of oxime groups is 1. The molecule has 1 aromatic rings. The highest BCUT2D eigenvalue weighted by Gasteiger charge is 2.22. The summed E-state index contributed by atoms with van der Waals surface area (Å²) in [6.45, 7) is 5.30. The molecule has 1 rings (SSSR count). The van der Waals surface area contributed by atoms with Gasteiger partial charge in [0, 0.05) is 24.1 Å². The SMILES string of the molecule is CC(C)(CCCNCc1ccc([N+](=O)[O-])cc1)C(N)=NO. The predicted molar refractivity (Wildman–Crippen MR) is 81.2 cm³/mol. The molecule has 21 heavy (non-hydrogen) atoms. The molecule has 0 bridgehead atoms. The van der Waals surface area contributed by atoms with Crippen LogP contribution in [0.25, 0.3) is 0 Å². The van der Waals surface area contributed by atoms with Crippen molar-refractivity contribution in [3.8, 4) is 0 Å². The van der Waals surface area contributed by atoms with Gasteiger partial charge in [0.25, 0.3) is 5.69 Å². The molecular weight excluding hydrogens is 272 g/mol. The zero-order chi connectivity index (χ0) is 15.9. The summed E-state index contributed by atoms with van der Waals surface area (Å²) in [6, 6.07) is 6.48. The molecule has 0 aliphatic rings. The molecule has 7 nitrogen and oxygen atoms in total. The zero-order valence-electron chi connectivity index (χ0n) is 12.4. The van der Waals surface area contributed by atoms with Gasteiger partial charge in [0.05, 0.1) is 4.92 Å². The molecule has 7 heteroatoms. The van der Waals surface area contributed by atoms with Crippen molar-refractivity contribution in [3.05, 3.63) is 39.9 Å². The number of hydrogen-bond donors (Lipinski definition) is 3. The van der Waals surface area contributed by atoms with Crippen LogP contribution < -0.4 is 11.1 Å². The lowest BCUT2D eigenvalue weighted by Gasteiger charge is -2.22. The number of benzene rings is 1. The zero-order valence-corrected chi connectivity index (χ0v) is 12.4. The largest absolute Gasteiger partial charge is 0.409 e. The van der Waals surface area contributed by atoms with Crippen LogP contribution in [0.5, 0.6) is 0 Å². The first-order valence-corrected chi connectivity index (χ1v) is 6.79. The molecule has 0 atom stereocenters. The quantitative estimate of drug-likeness (QED) is 0.170. The number of nitro benzene ring substituents is 1. The summed E-state index contributed by atoms with van der Waals surface area (Å²) < 4.78 is 0. The Bertz CT molecular complexity index is 497. The molecule has 0 aliphatic carbocycles. The van der Waals surface area contributed by atoms with Crippen LogP contribution in [0.4, 0.5) is 5.69 Å². The van der Waals surface area contributed by atoms with Crippen LogP contribution in [0.3, 0.4) is 0 Å².